The van der Waals surface area contributed by atoms with Crippen molar-refractivity contribution in [2.45, 2.75) is 19.4 Å². The van der Waals surface area contributed by atoms with Gasteiger partial charge in [0.2, 0.25) is 0 Å². The first kappa shape index (κ1) is 9.39. The highest BCUT2D eigenvalue weighted by Crippen LogP contribution is 1.96. The third kappa shape index (κ3) is 4.29. The molecule has 0 fully saturated rings. The van der Waals surface area contributed by atoms with Crippen LogP contribution >= 0.6 is 0 Å². The molecule has 4 heteroatoms. The molecule has 0 aromatic heterocycles. The van der Waals surface area contributed by atoms with Crippen LogP contribution in [0.3, 0.4) is 0 Å². The minimum Gasteiger partial charge on any atom is -0.480 e. The molecule has 0 unspecified atom stereocenters. The maximum Gasteiger partial charge on any atom is 0.317 e. The number of carboxylic acids is 1. The molecule has 0 aromatic carbocycles. The van der Waals surface area contributed by atoms with E-state index in [-0.39, 0.29) is 12.1 Å². The fourth-order valence-electron chi connectivity index (χ4n) is 0.387. The van der Waals surface area contributed by atoms with Gasteiger partial charge in [0.1, 0.15) is 0 Å². The van der Waals surface area contributed by atoms with Crippen molar-refractivity contribution in [2.75, 3.05) is 13.1 Å². The molecule has 0 aromatic rings. The molecule has 4 N–H and O–H groups in total. The second-order valence-electron chi connectivity index (χ2n) is 2.84. The highest BCUT2D eigenvalue weighted by Gasteiger charge is 2.14. The van der Waals surface area contributed by atoms with E-state index >= 15 is 0 Å². The maximum absolute atomic E-state index is 10.1. The molecule has 0 saturated carbocycles. The minimum absolute atomic E-state index is 0.0375. The van der Waals surface area contributed by atoms with Gasteiger partial charge in [-0.3, -0.25) is 4.79 Å². The Morgan fingerprint density at radius 1 is 1.70 bits per heavy atom. The Morgan fingerprint density at radius 2 is 2.20 bits per heavy atom. The Bertz CT molecular complexity index is 123. The standard InChI is InChI=1S/C6H14N2O2/c1-6(2,4-7)8-3-5(9)10/h8H,3-4,7H2,1-2H3,(H,9,10). The number of hydrogen-bond donors (Lipinski definition) is 3. The number of carboxylic acid groups (broad SMARTS) is 1. The molecule has 10 heavy (non-hydrogen) atoms. The van der Waals surface area contributed by atoms with E-state index in [2.05, 4.69) is 5.32 Å². The number of carbonyl (C=O) groups is 1. The van der Waals surface area contributed by atoms with Crippen LogP contribution in [0.1, 0.15) is 13.8 Å². The second kappa shape index (κ2) is 3.53. The van der Waals surface area contributed by atoms with E-state index in [1.54, 1.807) is 0 Å². The molecule has 0 aliphatic carbocycles. The molecule has 0 radical (unpaired) electrons. The maximum atomic E-state index is 10.1. The lowest BCUT2D eigenvalue weighted by Crippen LogP contribution is -2.47. The van der Waals surface area contributed by atoms with Crippen LogP contribution in [0.5, 0.6) is 0 Å². The largest absolute Gasteiger partial charge is 0.480 e. The van der Waals surface area contributed by atoms with Gasteiger partial charge in [-0.15, -0.1) is 0 Å². The predicted octanol–water partition coefficient (Wildman–Crippen LogP) is -0.602. The number of nitrogens with one attached hydrogen (secondary N) is 1. The Kier molecular flexibility index (Phi) is 3.32. The third-order valence-corrected chi connectivity index (χ3v) is 1.23. The van der Waals surface area contributed by atoms with Crippen LogP contribution in [-0.4, -0.2) is 29.7 Å². The van der Waals surface area contributed by atoms with Crippen LogP contribution in [0, 0.1) is 0 Å². The summed E-state index contributed by atoms with van der Waals surface area (Å²) in [4.78, 5) is 10.1. The molecule has 0 amide bonds. The summed E-state index contributed by atoms with van der Waals surface area (Å²) in [5.41, 5.74) is 5.06. The van der Waals surface area contributed by atoms with Crippen LogP contribution < -0.4 is 11.1 Å². The molecule has 0 atom stereocenters. The quantitative estimate of drug-likeness (QED) is 0.495. The SMILES string of the molecule is CC(C)(CN)NCC(=O)O. The lowest BCUT2D eigenvalue weighted by molar-refractivity contribution is -0.136. The fraction of sp³-hybridized carbons (Fsp3) is 0.833. The lowest BCUT2D eigenvalue weighted by atomic mass is 10.1. The van der Waals surface area contributed by atoms with E-state index in [1.807, 2.05) is 13.8 Å². The summed E-state index contributed by atoms with van der Waals surface area (Å²) in [6.45, 7) is 4.11. The zero-order valence-corrected chi connectivity index (χ0v) is 6.35. The van der Waals surface area contributed by atoms with Crippen molar-refractivity contribution < 1.29 is 9.90 Å². The Hall–Kier alpha value is -0.610. The van der Waals surface area contributed by atoms with E-state index in [1.165, 1.54) is 0 Å². The van der Waals surface area contributed by atoms with E-state index in [9.17, 15) is 4.79 Å². The van der Waals surface area contributed by atoms with Crippen molar-refractivity contribution in [3.05, 3.63) is 0 Å². The first-order valence-electron chi connectivity index (χ1n) is 3.15. The normalized spacial score (nSPS) is 11.5. The van der Waals surface area contributed by atoms with Gasteiger partial charge in [-0.05, 0) is 13.8 Å². The number of aliphatic carboxylic acids is 1. The van der Waals surface area contributed by atoms with Crippen molar-refractivity contribution in [1.29, 1.82) is 0 Å². The molecule has 4 nitrogen and oxygen atoms in total. The van der Waals surface area contributed by atoms with Crippen molar-refractivity contribution in [3.8, 4) is 0 Å². The van der Waals surface area contributed by atoms with Crippen molar-refractivity contribution in [2.24, 2.45) is 5.73 Å². The molecule has 0 aliphatic rings. The molecule has 0 bridgehead atoms. The Morgan fingerprint density at radius 3 is 2.50 bits per heavy atom. The van der Waals surface area contributed by atoms with E-state index in [4.69, 9.17) is 10.8 Å². The van der Waals surface area contributed by atoms with Gasteiger partial charge in [-0.25, -0.2) is 0 Å². The first-order chi connectivity index (χ1) is 4.48. The molecular weight excluding hydrogens is 132 g/mol. The number of hydrogen-bond acceptors (Lipinski definition) is 3. The lowest BCUT2D eigenvalue weighted by Gasteiger charge is -2.22. The summed E-state index contributed by atoms with van der Waals surface area (Å²) in [6, 6.07) is 0. The van der Waals surface area contributed by atoms with E-state index in [0.29, 0.717) is 6.54 Å². The third-order valence-electron chi connectivity index (χ3n) is 1.23. The van der Waals surface area contributed by atoms with Crippen LogP contribution in [0.2, 0.25) is 0 Å². The topological polar surface area (TPSA) is 75.3 Å². The average Bonchev–Trinajstić information content (AvgIpc) is 1.85. The van der Waals surface area contributed by atoms with Gasteiger partial charge in [0.25, 0.3) is 0 Å². The zero-order valence-electron chi connectivity index (χ0n) is 6.35. The van der Waals surface area contributed by atoms with Gasteiger partial charge in [-0.1, -0.05) is 0 Å². The van der Waals surface area contributed by atoms with Crippen LogP contribution in [-0.2, 0) is 4.79 Å². The number of rotatable bonds is 4. The first-order valence-corrected chi connectivity index (χ1v) is 3.15. The Balaban J connectivity index is 3.56. The summed E-state index contributed by atoms with van der Waals surface area (Å²) in [5, 5.41) is 11.1. The number of nitrogens with two attached hydrogens (primary N) is 1. The Labute approximate surface area is 60.4 Å². The summed E-state index contributed by atoms with van der Waals surface area (Å²) >= 11 is 0. The summed E-state index contributed by atoms with van der Waals surface area (Å²) < 4.78 is 0. The summed E-state index contributed by atoms with van der Waals surface area (Å²) in [7, 11) is 0. The zero-order chi connectivity index (χ0) is 8.20. The van der Waals surface area contributed by atoms with Crippen LogP contribution in [0.15, 0.2) is 0 Å². The fourth-order valence-corrected chi connectivity index (χ4v) is 0.387. The second-order valence-corrected chi connectivity index (χ2v) is 2.84. The van der Waals surface area contributed by atoms with E-state index in [0.717, 1.165) is 0 Å². The van der Waals surface area contributed by atoms with E-state index < -0.39 is 5.97 Å². The minimum atomic E-state index is -0.860. The van der Waals surface area contributed by atoms with Crippen molar-refractivity contribution in [3.63, 3.8) is 0 Å². The molecule has 0 heterocycles. The van der Waals surface area contributed by atoms with Crippen LogP contribution in [0.25, 0.3) is 0 Å². The van der Waals surface area contributed by atoms with Crippen molar-refractivity contribution >= 4 is 5.97 Å². The average molecular weight is 146 g/mol. The highest BCUT2D eigenvalue weighted by atomic mass is 16.4. The smallest absolute Gasteiger partial charge is 0.317 e. The summed E-state index contributed by atoms with van der Waals surface area (Å²) in [5.74, 6) is -0.860. The van der Waals surface area contributed by atoms with Gasteiger partial charge in [-0.2, -0.15) is 0 Å². The predicted molar refractivity (Wildman–Crippen MR) is 38.8 cm³/mol. The van der Waals surface area contributed by atoms with Gasteiger partial charge in [0.05, 0.1) is 6.54 Å². The molecule has 0 saturated heterocycles. The molecule has 0 rings (SSSR count). The molecule has 0 aliphatic heterocycles. The molecule has 60 valence electrons. The van der Waals surface area contributed by atoms with Gasteiger partial charge in [0, 0.05) is 12.1 Å². The molecule has 0 spiro atoms. The van der Waals surface area contributed by atoms with Crippen LogP contribution in [0.4, 0.5) is 0 Å². The molecular formula is C6H14N2O2. The van der Waals surface area contributed by atoms with Gasteiger partial charge >= 0.3 is 5.97 Å². The summed E-state index contributed by atoms with van der Waals surface area (Å²) in [6.07, 6.45) is 0. The van der Waals surface area contributed by atoms with Gasteiger partial charge in [0.15, 0.2) is 0 Å². The highest BCUT2D eigenvalue weighted by molar-refractivity contribution is 5.69. The van der Waals surface area contributed by atoms with Gasteiger partial charge < -0.3 is 16.2 Å². The van der Waals surface area contributed by atoms with Crippen molar-refractivity contribution in [1.82, 2.24) is 5.32 Å². The monoisotopic (exact) mass is 146 g/mol.